The van der Waals surface area contributed by atoms with Crippen molar-refractivity contribution in [1.29, 1.82) is 0 Å². The molecule has 0 bridgehead atoms. The van der Waals surface area contributed by atoms with Crippen LogP contribution in [0.1, 0.15) is 31.0 Å². The molecule has 0 aliphatic heterocycles. The highest BCUT2D eigenvalue weighted by atomic mass is 14.9. The second kappa shape index (κ2) is 2.87. The Morgan fingerprint density at radius 1 is 1.31 bits per heavy atom. The van der Waals surface area contributed by atoms with Crippen LogP contribution in [0.2, 0.25) is 0 Å². The number of aromatic nitrogens is 2. The van der Waals surface area contributed by atoms with Gasteiger partial charge in [-0.1, -0.05) is 13.8 Å². The number of hydrogen-bond donors (Lipinski definition) is 0. The molecule has 2 rings (SSSR count). The van der Waals surface area contributed by atoms with Gasteiger partial charge in [-0.15, -0.1) is 0 Å². The van der Waals surface area contributed by atoms with E-state index < -0.39 is 0 Å². The molecule has 0 aliphatic carbocycles. The van der Waals surface area contributed by atoms with Gasteiger partial charge in [-0.25, -0.2) is 4.98 Å². The van der Waals surface area contributed by atoms with Crippen molar-refractivity contribution in [3.05, 3.63) is 35.9 Å². The zero-order valence-corrected chi connectivity index (χ0v) is 8.28. The average molecular weight is 174 g/mol. The molecule has 0 aliphatic rings. The first kappa shape index (κ1) is 8.30. The third-order valence-corrected chi connectivity index (χ3v) is 2.23. The summed E-state index contributed by atoms with van der Waals surface area (Å²) in [4.78, 5) is 4.38. The molecule has 0 N–H and O–H groups in total. The highest BCUT2D eigenvalue weighted by molar-refractivity contribution is 5.50. The molecular weight excluding hydrogens is 160 g/mol. The van der Waals surface area contributed by atoms with Crippen LogP contribution in [0.15, 0.2) is 24.7 Å². The summed E-state index contributed by atoms with van der Waals surface area (Å²) in [6, 6.07) is 4.32. The van der Waals surface area contributed by atoms with Gasteiger partial charge in [-0.2, -0.15) is 0 Å². The summed E-state index contributed by atoms with van der Waals surface area (Å²) in [5, 5.41) is 0. The van der Waals surface area contributed by atoms with E-state index in [2.05, 4.69) is 48.5 Å². The van der Waals surface area contributed by atoms with E-state index in [9.17, 15) is 0 Å². The standard InChI is InChI=1S/C11H14N2/c1-8(2)11-5-10-4-9(3)6-13(10)7-12-11/h4-8H,1-3H3. The van der Waals surface area contributed by atoms with E-state index in [0.717, 1.165) is 5.69 Å². The molecule has 0 spiro atoms. The SMILES string of the molecule is Cc1cc2cc(C(C)C)ncn2c1. The third-order valence-electron chi connectivity index (χ3n) is 2.23. The van der Waals surface area contributed by atoms with Crippen molar-refractivity contribution in [2.45, 2.75) is 26.7 Å². The first-order valence-corrected chi connectivity index (χ1v) is 4.61. The zero-order chi connectivity index (χ0) is 9.42. The number of fused-ring (bicyclic) bond motifs is 1. The maximum atomic E-state index is 4.38. The fourth-order valence-electron chi connectivity index (χ4n) is 1.49. The molecule has 0 atom stereocenters. The van der Waals surface area contributed by atoms with Gasteiger partial charge >= 0.3 is 0 Å². The van der Waals surface area contributed by atoms with Crippen LogP contribution in [0, 0.1) is 6.92 Å². The second-order valence-corrected chi connectivity index (χ2v) is 3.82. The van der Waals surface area contributed by atoms with Crippen LogP contribution >= 0.6 is 0 Å². The summed E-state index contributed by atoms with van der Waals surface area (Å²) in [7, 11) is 0. The van der Waals surface area contributed by atoms with Crippen LogP contribution in [-0.2, 0) is 0 Å². The van der Waals surface area contributed by atoms with E-state index in [-0.39, 0.29) is 0 Å². The van der Waals surface area contributed by atoms with Crippen molar-refractivity contribution in [2.24, 2.45) is 0 Å². The van der Waals surface area contributed by atoms with Gasteiger partial charge in [-0.3, -0.25) is 0 Å². The summed E-state index contributed by atoms with van der Waals surface area (Å²) in [5.74, 6) is 0.500. The highest BCUT2D eigenvalue weighted by Crippen LogP contribution is 2.15. The lowest BCUT2D eigenvalue weighted by molar-refractivity contribution is 0.813. The highest BCUT2D eigenvalue weighted by Gasteiger charge is 2.02. The Morgan fingerprint density at radius 2 is 2.08 bits per heavy atom. The van der Waals surface area contributed by atoms with Crippen LogP contribution in [-0.4, -0.2) is 9.38 Å². The smallest absolute Gasteiger partial charge is 0.0994 e. The Kier molecular flexibility index (Phi) is 1.83. The molecule has 2 nitrogen and oxygen atoms in total. The monoisotopic (exact) mass is 174 g/mol. The Balaban J connectivity index is 2.61. The van der Waals surface area contributed by atoms with E-state index in [1.165, 1.54) is 11.1 Å². The lowest BCUT2D eigenvalue weighted by Crippen LogP contribution is -1.94. The van der Waals surface area contributed by atoms with Gasteiger partial charge < -0.3 is 4.40 Å². The molecule has 0 amide bonds. The molecule has 2 heteroatoms. The first-order valence-electron chi connectivity index (χ1n) is 4.61. The summed E-state index contributed by atoms with van der Waals surface area (Å²) in [6.07, 6.45) is 3.98. The normalized spacial score (nSPS) is 11.4. The molecule has 0 saturated carbocycles. The average Bonchev–Trinajstić information content (AvgIpc) is 2.42. The summed E-state index contributed by atoms with van der Waals surface area (Å²) in [5.41, 5.74) is 3.67. The Hall–Kier alpha value is -1.31. The van der Waals surface area contributed by atoms with Gasteiger partial charge in [0.1, 0.15) is 0 Å². The number of rotatable bonds is 1. The van der Waals surface area contributed by atoms with Crippen molar-refractivity contribution in [1.82, 2.24) is 9.38 Å². The lowest BCUT2D eigenvalue weighted by Gasteiger charge is -2.03. The van der Waals surface area contributed by atoms with E-state index in [0.29, 0.717) is 5.92 Å². The predicted molar refractivity (Wildman–Crippen MR) is 54.0 cm³/mol. The fraction of sp³-hybridized carbons (Fsp3) is 0.364. The maximum absolute atomic E-state index is 4.38. The molecule has 2 aromatic heterocycles. The van der Waals surface area contributed by atoms with Gasteiger partial charge in [0.25, 0.3) is 0 Å². The number of hydrogen-bond acceptors (Lipinski definition) is 1. The van der Waals surface area contributed by atoms with Crippen LogP contribution in [0.5, 0.6) is 0 Å². The minimum Gasteiger partial charge on any atom is -0.308 e. The third kappa shape index (κ3) is 1.44. The number of nitrogens with zero attached hydrogens (tertiary/aromatic N) is 2. The van der Waals surface area contributed by atoms with Crippen LogP contribution in [0.4, 0.5) is 0 Å². The minimum atomic E-state index is 0.500. The van der Waals surface area contributed by atoms with Gasteiger partial charge in [-0.05, 0) is 30.5 Å². The fourth-order valence-corrected chi connectivity index (χ4v) is 1.49. The Morgan fingerprint density at radius 3 is 2.77 bits per heavy atom. The molecule has 0 unspecified atom stereocenters. The van der Waals surface area contributed by atoms with Crippen molar-refractivity contribution in [3.8, 4) is 0 Å². The largest absolute Gasteiger partial charge is 0.308 e. The van der Waals surface area contributed by atoms with Crippen LogP contribution in [0.25, 0.3) is 5.52 Å². The van der Waals surface area contributed by atoms with Crippen molar-refractivity contribution in [3.63, 3.8) is 0 Å². The Labute approximate surface area is 78.2 Å². The quantitative estimate of drug-likeness (QED) is 0.649. The van der Waals surface area contributed by atoms with Crippen molar-refractivity contribution in [2.75, 3.05) is 0 Å². The summed E-state index contributed by atoms with van der Waals surface area (Å²) in [6.45, 7) is 6.42. The Bertz CT molecular complexity index is 427. The molecule has 13 heavy (non-hydrogen) atoms. The van der Waals surface area contributed by atoms with Crippen LogP contribution < -0.4 is 0 Å². The first-order chi connectivity index (χ1) is 6.16. The van der Waals surface area contributed by atoms with Crippen molar-refractivity contribution >= 4 is 5.52 Å². The van der Waals surface area contributed by atoms with Gasteiger partial charge in [0, 0.05) is 17.4 Å². The van der Waals surface area contributed by atoms with Crippen molar-refractivity contribution < 1.29 is 0 Å². The number of aryl methyl sites for hydroxylation is 1. The molecule has 0 fully saturated rings. The van der Waals surface area contributed by atoms with Gasteiger partial charge in [0.05, 0.1) is 6.33 Å². The topological polar surface area (TPSA) is 17.3 Å². The lowest BCUT2D eigenvalue weighted by atomic mass is 10.1. The molecule has 68 valence electrons. The minimum absolute atomic E-state index is 0.500. The van der Waals surface area contributed by atoms with E-state index in [4.69, 9.17) is 0 Å². The van der Waals surface area contributed by atoms with E-state index in [1.54, 1.807) is 0 Å². The molecule has 2 aromatic rings. The molecular formula is C11H14N2. The van der Waals surface area contributed by atoms with Gasteiger partial charge in [0.2, 0.25) is 0 Å². The molecule has 2 heterocycles. The summed E-state index contributed by atoms with van der Waals surface area (Å²) < 4.78 is 2.06. The molecule has 0 saturated heterocycles. The summed E-state index contributed by atoms with van der Waals surface area (Å²) >= 11 is 0. The molecule has 0 aromatic carbocycles. The van der Waals surface area contributed by atoms with Crippen LogP contribution in [0.3, 0.4) is 0 Å². The van der Waals surface area contributed by atoms with E-state index >= 15 is 0 Å². The molecule has 0 radical (unpaired) electrons. The zero-order valence-electron chi connectivity index (χ0n) is 8.28. The second-order valence-electron chi connectivity index (χ2n) is 3.82. The maximum Gasteiger partial charge on any atom is 0.0994 e. The van der Waals surface area contributed by atoms with E-state index in [1.807, 2.05) is 6.33 Å². The van der Waals surface area contributed by atoms with Gasteiger partial charge in [0.15, 0.2) is 0 Å². The predicted octanol–water partition coefficient (Wildman–Crippen LogP) is 2.77.